The summed E-state index contributed by atoms with van der Waals surface area (Å²) >= 11 is 6.01. The van der Waals surface area contributed by atoms with Crippen molar-refractivity contribution >= 4 is 11.6 Å². The Morgan fingerprint density at radius 2 is 2.05 bits per heavy atom. The van der Waals surface area contributed by atoms with Crippen molar-refractivity contribution in [3.63, 3.8) is 0 Å². The van der Waals surface area contributed by atoms with E-state index in [1.54, 1.807) is 0 Å². The molecule has 0 saturated heterocycles. The average Bonchev–Trinajstić information content (AvgIpc) is 2.37. The van der Waals surface area contributed by atoms with Gasteiger partial charge in [-0.3, -0.25) is 4.98 Å². The molecule has 2 aromatic heterocycles. The molecule has 2 nitrogen and oxygen atoms in total. The van der Waals surface area contributed by atoms with E-state index in [1.807, 2.05) is 12.3 Å². The van der Waals surface area contributed by atoms with Crippen LogP contribution in [-0.4, -0.2) is 9.97 Å². The number of hydrogen-bond acceptors (Lipinski definition) is 2. The summed E-state index contributed by atoms with van der Waals surface area (Å²) in [5.41, 5.74) is 6.09. The van der Waals surface area contributed by atoms with Crippen LogP contribution in [0.2, 0.25) is 5.15 Å². The lowest BCUT2D eigenvalue weighted by Gasteiger charge is -2.19. The van der Waals surface area contributed by atoms with E-state index in [-0.39, 0.29) is 0 Å². The lowest BCUT2D eigenvalue weighted by Crippen LogP contribution is -2.09. The first kappa shape index (κ1) is 12.6. The Morgan fingerprint density at radius 1 is 1.21 bits per heavy atom. The molecule has 0 amide bonds. The van der Waals surface area contributed by atoms with Gasteiger partial charge in [0.15, 0.2) is 0 Å². The second-order valence-electron chi connectivity index (χ2n) is 5.56. The topological polar surface area (TPSA) is 25.8 Å². The fourth-order valence-electron chi connectivity index (χ4n) is 2.68. The Labute approximate surface area is 118 Å². The molecule has 2 aromatic rings. The van der Waals surface area contributed by atoms with Crippen LogP contribution in [0.25, 0.3) is 11.1 Å². The molecule has 3 rings (SSSR count). The Hall–Kier alpha value is -1.41. The van der Waals surface area contributed by atoms with Crippen LogP contribution < -0.4 is 0 Å². The molecule has 2 heterocycles. The lowest BCUT2D eigenvalue weighted by atomic mass is 9.89. The molecule has 0 spiro atoms. The second-order valence-corrected chi connectivity index (χ2v) is 5.95. The third-order valence-electron chi connectivity index (χ3n) is 3.52. The van der Waals surface area contributed by atoms with Gasteiger partial charge in [0.05, 0.1) is 0 Å². The van der Waals surface area contributed by atoms with Gasteiger partial charge in [-0.25, -0.2) is 4.98 Å². The maximum Gasteiger partial charge on any atom is 0.129 e. The molecule has 0 saturated carbocycles. The Bertz CT molecular complexity index is 620. The van der Waals surface area contributed by atoms with E-state index < -0.39 is 0 Å². The number of nitrogens with zero attached hydrogens (tertiary/aromatic N) is 2. The van der Waals surface area contributed by atoms with Crippen LogP contribution in [0, 0.1) is 5.92 Å². The van der Waals surface area contributed by atoms with E-state index in [4.69, 9.17) is 16.6 Å². The zero-order valence-electron chi connectivity index (χ0n) is 11.3. The highest BCUT2D eigenvalue weighted by molar-refractivity contribution is 6.29. The molecule has 0 radical (unpaired) electrons. The molecule has 98 valence electrons. The maximum atomic E-state index is 6.01. The fraction of sp³-hybridized carbons (Fsp3) is 0.375. The largest absolute Gasteiger partial charge is 0.257 e. The zero-order valence-corrected chi connectivity index (χ0v) is 12.0. The highest BCUT2D eigenvalue weighted by Crippen LogP contribution is 2.33. The minimum atomic E-state index is 0.554. The molecule has 0 N–H and O–H groups in total. The molecular weight excluding hydrogens is 256 g/mol. The quantitative estimate of drug-likeness (QED) is 0.770. The molecule has 0 aliphatic heterocycles. The predicted molar refractivity (Wildman–Crippen MR) is 78.4 cm³/mol. The summed E-state index contributed by atoms with van der Waals surface area (Å²) in [4.78, 5) is 8.99. The molecule has 1 aliphatic carbocycles. The number of aromatic nitrogens is 2. The third-order valence-corrected chi connectivity index (χ3v) is 3.73. The summed E-state index contributed by atoms with van der Waals surface area (Å²) in [7, 11) is 0. The number of halogens is 1. The van der Waals surface area contributed by atoms with E-state index in [0.29, 0.717) is 11.1 Å². The van der Waals surface area contributed by atoms with Crippen molar-refractivity contribution in [3.05, 3.63) is 46.5 Å². The van der Waals surface area contributed by atoms with Crippen molar-refractivity contribution in [2.45, 2.75) is 33.1 Å². The summed E-state index contributed by atoms with van der Waals surface area (Å²) in [6.45, 7) is 4.45. The highest BCUT2D eigenvalue weighted by atomic mass is 35.5. The molecule has 0 atom stereocenters. The predicted octanol–water partition coefficient (Wildman–Crippen LogP) is 4.09. The molecule has 1 aliphatic rings. The van der Waals surface area contributed by atoms with Gasteiger partial charge in [-0.1, -0.05) is 31.5 Å². The van der Waals surface area contributed by atoms with Gasteiger partial charge < -0.3 is 0 Å². The maximum absolute atomic E-state index is 6.01. The van der Waals surface area contributed by atoms with Crippen LogP contribution in [0.1, 0.15) is 30.8 Å². The molecule has 3 heteroatoms. The van der Waals surface area contributed by atoms with E-state index in [0.717, 1.165) is 19.3 Å². The van der Waals surface area contributed by atoms with Gasteiger partial charge in [0.25, 0.3) is 0 Å². The van der Waals surface area contributed by atoms with E-state index >= 15 is 0 Å². The Morgan fingerprint density at radius 3 is 2.84 bits per heavy atom. The van der Waals surface area contributed by atoms with Crippen molar-refractivity contribution in [1.29, 1.82) is 0 Å². The van der Waals surface area contributed by atoms with E-state index in [1.165, 1.54) is 28.1 Å². The van der Waals surface area contributed by atoms with Gasteiger partial charge in [-0.05, 0) is 48.4 Å². The van der Waals surface area contributed by atoms with Crippen LogP contribution in [0.4, 0.5) is 0 Å². The third kappa shape index (κ3) is 2.50. The molecule has 19 heavy (non-hydrogen) atoms. The first-order valence-electron chi connectivity index (χ1n) is 6.77. The number of rotatable bonds is 2. The van der Waals surface area contributed by atoms with Crippen LogP contribution >= 0.6 is 11.6 Å². The molecule has 0 bridgehead atoms. The van der Waals surface area contributed by atoms with Gasteiger partial charge in [0.2, 0.25) is 0 Å². The van der Waals surface area contributed by atoms with Gasteiger partial charge in [-0.15, -0.1) is 0 Å². The van der Waals surface area contributed by atoms with Gasteiger partial charge >= 0.3 is 0 Å². The van der Waals surface area contributed by atoms with Crippen LogP contribution in [0.15, 0.2) is 24.4 Å². The summed E-state index contributed by atoms with van der Waals surface area (Å²) in [6, 6.07) is 6.29. The number of pyridine rings is 2. The van der Waals surface area contributed by atoms with Gasteiger partial charge in [0.1, 0.15) is 5.15 Å². The minimum absolute atomic E-state index is 0.554. The summed E-state index contributed by atoms with van der Waals surface area (Å²) in [5.74, 6) is 0.639. The van der Waals surface area contributed by atoms with E-state index in [2.05, 4.69) is 31.0 Å². The molecule has 0 unspecified atom stereocenters. The van der Waals surface area contributed by atoms with E-state index in [9.17, 15) is 0 Å². The monoisotopic (exact) mass is 272 g/mol. The van der Waals surface area contributed by atoms with Gasteiger partial charge in [-0.2, -0.15) is 0 Å². The lowest BCUT2D eigenvalue weighted by molar-refractivity contribution is 0.632. The first-order chi connectivity index (χ1) is 9.13. The van der Waals surface area contributed by atoms with Crippen molar-refractivity contribution in [3.8, 4) is 11.1 Å². The van der Waals surface area contributed by atoms with Gasteiger partial charge in [0, 0.05) is 23.1 Å². The Kier molecular flexibility index (Phi) is 3.28. The number of aryl methyl sites for hydroxylation is 2. The average molecular weight is 273 g/mol. The Balaban J connectivity index is 2.05. The normalized spacial score (nSPS) is 13.3. The first-order valence-corrected chi connectivity index (χ1v) is 7.15. The highest BCUT2D eigenvalue weighted by Gasteiger charge is 2.18. The summed E-state index contributed by atoms with van der Waals surface area (Å²) in [6.07, 6.45) is 4.93. The standard InChI is InChI=1S/C16H17ClN2/c1-10(2)7-12-4-5-13-14-8-16(17)18-9-11(14)3-6-15(13)19-12/h4-5,8-10H,3,6-7H2,1-2H3. The fourth-order valence-corrected chi connectivity index (χ4v) is 2.83. The number of hydrogen-bond donors (Lipinski definition) is 0. The van der Waals surface area contributed by atoms with Crippen LogP contribution in [0.3, 0.4) is 0 Å². The summed E-state index contributed by atoms with van der Waals surface area (Å²) < 4.78 is 0. The molecule has 0 aromatic carbocycles. The summed E-state index contributed by atoms with van der Waals surface area (Å²) in [5, 5.41) is 0.554. The van der Waals surface area contributed by atoms with Crippen molar-refractivity contribution in [2.75, 3.05) is 0 Å². The molecular formula is C16H17ClN2. The smallest absolute Gasteiger partial charge is 0.129 e. The van der Waals surface area contributed by atoms with Crippen LogP contribution in [0.5, 0.6) is 0 Å². The SMILES string of the molecule is CC(C)Cc1ccc2c(n1)CCc1cnc(Cl)cc1-2. The van der Waals surface area contributed by atoms with Crippen molar-refractivity contribution in [1.82, 2.24) is 9.97 Å². The van der Waals surface area contributed by atoms with Crippen molar-refractivity contribution in [2.24, 2.45) is 5.92 Å². The van der Waals surface area contributed by atoms with Crippen LogP contribution in [-0.2, 0) is 19.3 Å². The van der Waals surface area contributed by atoms with Crippen molar-refractivity contribution < 1.29 is 0 Å². The second kappa shape index (κ2) is 4.93. The molecule has 0 fully saturated rings. The number of fused-ring (bicyclic) bond motifs is 3. The zero-order chi connectivity index (χ0) is 13.4. The minimum Gasteiger partial charge on any atom is -0.257 e.